The van der Waals surface area contributed by atoms with Crippen LogP contribution in [0.1, 0.15) is 18.4 Å². The van der Waals surface area contributed by atoms with Crippen molar-refractivity contribution >= 4 is 62.2 Å². The van der Waals surface area contributed by atoms with Gasteiger partial charge in [-0.15, -0.1) is 0 Å². The maximum Gasteiger partial charge on any atom is 0.303 e. The topological polar surface area (TPSA) is 66.8 Å². The predicted octanol–water partition coefficient (Wildman–Crippen LogP) is 3.52. The standard InChI is InChI=1S/C15H14BrNO4S2/c1-21-10-4-5-11(16)9(7-10)8-12-14(20)17(15(22)23-12)6-2-3-13(18)19/h4-5,7-8H,2-3,6H2,1H3,(H,18,19)/b12-8-. The molecular formula is C15H14BrNO4S2. The second kappa shape index (κ2) is 7.94. The molecule has 0 aromatic heterocycles. The summed E-state index contributed by atoms with van der Waals surface area (Å²) in [5, 5.41) is 8.68. The Labute approximate surface area is 151 Å². The number of nitrogens with zero attached hydrogens (tertiary/aromatic N) is 1. The fraction of sp³-hybridized carbons (Fsp3) is 0.267. The van der Waals surface area contributed by atoms with Crippen molar-refractivity contribution in [3.8, 4) is 5.75 Å². The number of rotatable bonds is 6. The van der Waals surface area contributed by atoms with Crippen molar-refractivity contribution in [2.24, 2.45) is 0 Å². The molecule has 0 radical (unpaired) electrons. The zero-order valence-corrected chi connectivity index (χ0v) is 15.5. The lowest BCUT2D eigenvalue weighted by Crippen LogP contribution is -2.29. The summed E-state index contributed by atoms with van der Waals surface area (Å²) in [6.07, 6.45) is 2.14. The smallest absolute Gasteiger partial charge is 0.303 e. The van der Waals surface area contributed by atoms with Crippen molar-refractivity contribution in [2.75, 3.05) is 13.7 Å². The third kappa shape index (κ3) is 4.55. The van der Waals surface area contributed by atoms with Gasteiger partial charge in [-0.2, -0.15) is 0 Å². The number of halogens is 1. The number of thiocarbonyl (C=S) groups is 1. The number of hydrogen-bond donors (Lipinski definition) is 1. The van der Waals surface area contributed by atoms with Gasteiger partial charge in [0.2, 0.25) is 0 Å². The molecule has 0 bridgehead atoms. The van der Waals surface area contributed by atoms with E-state index in [1.54, 1.807) is 13.2 Å². The number of carboxylic acid groups (broad SMARTS) is 1. The number of amides is 1. The van der Waals surface area contributed by atoms with Crippen LogP contribution >= 0.6 is 39.9 Å². The van der Waals surface area contributed by atoms with Gasteiger partial charge in [-0.3, -0.25) is 14.5 Å². The molecule has 1 N–H and O–H groups in total. The highest BCUT2D eigenvalue weighted by atomic mass is 79.9. The largest absolute Gasteiger partial charge is 0.497 e. The summed E-state index contributed by atoms with van der Waals surface area (Å²) < 4.78 is 6.48. The quantitative estimate of drug-likeness (QED) is 0.566. The van der Waals surface area contributed by atoms with Crippen LogP contribution in [0.3, 0.4) is 0 Å². The number of carbonyl (C=O) groups excluding carboxylic acids is 1. The number of carboxylic acids is 1. The van der Waals surface area contributed by atoms with Crippen molar-refractivity contribution in [1.82, 2.24) is 4.90 Å². The van der Waals surface area contributed by atoms with Crippen molar-refractivity contribution in [2.45, 2.75) is 12.8 Å². The number of thioether (sulfide) groups is 1. The molecule has 1 heterocycles. The van der Waals surface area contributed by atoms with E-state index in [1.807, 2.05) is 18.2 Å². The molecule has 0 atom stereocenters. The van der Waals surface area contributed by atoms with Gasteiger partial charge in [0, 0.05) is 17.4 Å². The molecule has 23 heavy (non-hydrogen) atoms. The lowest BCUT2D eigenvalue weighted by atomic mass is 10.2. The summed E-state index contributed by atoms with van der Waals surface area (Å²) in [6, 6.07) is 5.48. The van der Waals surface area contributed by atoms with Gasteiger partial charge in [-0.25, -0.2) is 0 Å². The maximum absolute atomic E-state index is 12.4. The Morgan fingerprint density at radius 3 is 2.91 bits per heavy atom. The van der Waals surface area contributed by atoms with E-state index in [1.165, 1.54) is 16.7 Å². The molecule has 1 aromatic carbocycles. The van der Waals surface area contributed by atoms with E-state index in [2.05, 4.69) is 15.9 Å². The molecule has 2 rings (SSSR count). The molecule has 1 aromatic rings. The lowest BCUT2D eigenvalue weighted by molar-refractivity contribution is -0.137. The minimum absolute atomic E-state index is 0.0114. The second-order valence-electron chi connectivity index (χ2n) is 4.72. The Morgan fingerprint density at radius 1 is 1.52 bits per heavy atom. The molecule has 0 saturated carbocycles. The van der Waals surface area contributed by atoms with E-state index in [9.17, 15) is 9.59 Å². The SMILES string of the molecule is COc1ccc(Br)c(/C=C2\SC(=S)N(CCCC(=O)O)C2=O)c1. The molecule has 1 amide bonds. The minimum atomic E-state index is -0.883. The number of carbonyl (C=O) groups is 2. The molecule has 0 spiro atoms. The Morgan fingerprint density at radius 2 is 2.26 bits per heavy atom. The molecule has 1 fully saturated rings. The molecule has 1 saturated heterocycles. The molecular weight excluding hydrogens is 402 g/mol. The van der Waals surface area contributed by atoms with Gasteiger partial charge in [0.25, 0.3) is 5.91 Å². The average molecular weight is 416 g/mol. The zero-order valence-electron chi connectivity index (χ0n) is 12.2. The van der Waals surface area contributed by atoms with Crippen LogP contribution in [0.5, 0.6) is 5.75 Å². The first kappa shape index (κ1) is 18.0. The van der Waals surface area contributed by atoms with Crippen molar-refractivity contribution in [3.63, 3.8) is 0 Å². The zero-order chi connectivity index (χ0) is 17.0. The summed E-state index contributed by atoms with van der Waals surface area (Å²) >= 11 is 9.87. The minimum Gasteiger partial charge on any atom is -0.497 e. The van der Waals surface area contributed by atoms with E-state index in [-0.39, 0.29) is 12.3 Å². The number of benzene rings is 1. The van der Waals surface area contributed by atoms with Gasteiger partial charge in [0.15, 0.2) is 0 Å². The van der Waals surface area contributed by atoms with Crippen LogP contribution < -0.4 is 4.74 Å². The molecule has 0 aliphatic carbocycles. The summed E-state index contributed by atoms with van der Waals surface area (Å²) in [7, 11) is 1.58. The van der Waals surface area contributed by atoms with Crippen LogP contribution in [0.2, 0.25) is 0 Å². The fourth-order valence-electron chi connectivity index (χ4n) is 1.98. The highest BCUT2D eigenvalue weighted by molar-refractivity contribution is 9.10. The van der Waals surface area contributed by atoms with E-state index >= 15 is 0 Å². The molecule has 1 aliphatic heterocycles. The highest BCUT2D eigenvalue weighted by Crippen LogP contribution is 2.34. The van der Waals surface area contributed by atoms with Crippen LogP contribution in [-0.4, -0.2) is 39.9 Å². The first-order valence-electron chi connectivity index (χ1n) is 6.73. The summed E-state index contributed by atoms with van der Waals surface area (Å²) in [5.74, 6) is -0.386. The van der Waals surface area contributed by atoms with Gasteiger partial charge >= 0.3 is 5.97 Å². The van der Waals surface area contributed by atoms with Crippen LogP contribution in [0.15, 0.2) is 27.6 Å². The number of ether oxygens (including phenoxy) is 1. The molecule has 1 aliphatic rings. The van der Waals surface area contributed by atoms with Crippen molar-refractivity contribution < 1.29 is 19.4 Å². The molecule has 0 unspecified atom stereocenters. The molecule has 5 nitrogen and oxygen atoms in total. The van der Waals surface area contributed by atoms with Crippen LogP contribution in [0, 0.1) is 0 Å². The number of methoxy groups -OCH3 is 1. The Hall–Kier alpha value is -1.38. The average Bonchev–Trinajstić information content (AvgIpc) is 2.76. The Bertz CT molecular complexity index is 690. The summed E-state index contributed by atoms with van der Waals surface area (Å²) in [4.78, 5) is 24.9. The third-order valence-corrected chi connectivity index (χ3v) is 5.24. The fourth-order valence-corrected chi connectivity index (χ4v) is 3.64. The van der Waals surface area contributed by atoms with Crippen molar-refractivity contribution in [1.29, 1.82) is 0 Å². The van der Waals surface area contributed by atoms with Crippen LogP contribution in [-0.2, 0) is 9.59 Å². The first-order chi connectivity index (χ1) is 10.9. The monoisotopic (exact) mass is 415 g/mol. The van der Waals surface area contributed by atoms with E-state index in [0.29, 0.717) is 27.9 Å². The molecule has 122 valence electrons. The summed E-state index contributed by atoms with van der Waals surface area (Å²) in [5.41, 5.74) is 0.815. The molecule has 8 heteroatoms. The van der Waals surface area contributed by atoms with Crippen LogP contribution in [0.25, 0.3) is 6.08 Å². The van der Waals surface area contributed by atoms with Crippen LogP contribution in [0.4, 0.5) is 0 Å². The van der Waals surface area contributed by atoms with Gasteiger partial charge in [0.1, 0.15) is 10.1 Å². The third-order valence-electron chi connectivity index (χ3n) is 3.14. The second-order valence-corrected chi connectivity index (χ2v) is 7.25. The Kier molecular flexibility index (Phi) is 6.20. The normalized spacial score (nSPS) is 16.3. The highest BCUT2D eigenvalue weighted by Gasteiger charge is 2.31. The predicted molar refractivity (Wildman–Crippen MR) is 97.4 cm³/mol. The first-order valence-corrected chi connectivity index (χ1v) is 8.75. The van der Waals surface area contributed by atoms with Gasteiger partial charge in [0.05, 0.1) is 12.0 Å². The van der Waals surface area contributed by atoms with Crippen molar-refractivity contribution in [3.05, 3.63) is 33.1 Å². The Balaban J connectivity index is 2.16. The number of hydrogen-bond acceptors (Lipinski definition) is 5. The van der Waals surface area contributed by atoms with E-state index in [0.717, 1.165) is 10.0 Å². The summed E-state index contributed by atoms with van der Waals surface area (Å²) in [6.45, 7) is 0.313. The van der Waals surface area contributed by atoms with Gasteiger partial charge in [-0.05, 0) is 36.3 Å². The lowest BCUT2D eigenvalue weighted by Gasteiger charge is -2.13. The van der Waals surface area contributed by atoms with Gasteiger partial charge < -0.3 is 9.84 Å². The van der Waals surface area contributed by atoms with E-state index < -0.39 is 5.97 Å². The number of aliphatic carboxylic acids is 1. The van der Waals surface area contributed by atoms with Gasteiger partial charge in [-0.1, -0.05) is 39.9 Å². The maximum atomic E-state index is 12.4. The van der Waals surface area contributed by atoms with E-state index in [4.69, 9.17) is 22.1 Å².